The van der Waals surface area contributed by atoms with Crippen molar-refractivity contribution >= 4 is 5.69 Å². The summed E-state index contributed by atoms with van der Waals surface area (Å²) in [5.74, 6) is 4.93. The minimum atomic E-state index is -0.496. The average molecular weight is 288 g/mol. The van der Waals surface area contributed by atoms with E-state index < -0.39 is 6.10 Å². The molecular weight excluding hydrogens is 264 g/mol. The van der Waals surface area contributed by atoms with E-state index in [1.54, 1.807) is 23.5 Å². The fourth-order valence-corrected chi connectivity index (χ4v) is 1.80. The fourth-order valence-electron chi connectivity index (χ4n) is 1.80. The summed E-state index contributed by atoms with van der Waals surface area (Å²) in [6.45, 7) is 1.08. The zero-order chi connectivity index (χ0) is 14.8. The number of quaternary nitrogens is 1. The van der Waals surface area contributed by atoms with Gasteiger partial charge in [0.2, 0.25) is 0 Å². The van der Waals surface area contributed by atoms with Crippen LogP contribution in [0.1, 0.15) is 12.8 Å². The molecule has 0 radical (unpaired) electrons. The lowest BCUT2D eigenvalue weighted by molar-refractivity contribution is -0.830. The molecule has 0 saturated carbocycles. The Balaban J connectivity index is 0.000000204. The van der Waals surface area contributed by atoms with Gasteiger partial charge in [0.05, 0.1) is 25.1 Å². The van der Waals surface area contributed by atoms with Crippen LogP contribution in [0.15, 0.2) is 17.6 Å². The SMILES string of the molecule is CO[NH2+]c1cnn(C)c1.NN=[NH+]C1CCCOC[C@H]1O. The summed E-state index contributed by atoms with van der Waals surface area (Å²) in [5, 5.41) is 19.3. The number of hydrogen-bond donors (Lipinski definition) is 4. The highest BCUT2D eigenvalue weighted by molar-refractivity contribution is 5.17. The van der Waals surface area contributed by atoms with E-state index in [1.165, 1.54) is 0 Å². The third kappa shape index (κ3) is 6.06. The number of aryl methyl sites for hydroxylation is 1. The van der Waals surface area contributed by atoms with Gasteiger partial charge in [-0.3, -0.25) is 4.68 Å². The van der Waals surface area contributed by atoms with Crippen LogP contribution in [0, 0.1) is 0 Å². The van der Waals surface area contributed by atoms with Gasteiger partial charge in [0.15, 0.2) is 5.69 Å². The molecule has 9 heteroatoms. The van der Waals surface area contributed by atoms with Crippen molar-refractivity contribution in [2.75, 3.05) is 20.3 Å². The van der Waals surface area contributed by atoms with Crippen LogP contribution in [0.2, 0.25) is 0 Å². The second-order valence-corrected chi connectivity index (χ2v) is 4.45. The maximum Gasteiger partial charge on any atom is 0.200 e. The van der Waals surface area contributed by atoms with Crippen LogP contribution in [-0.4, -0.2) is 47.4 Å². The van der Waals surface area contributed by atoms with E-state index >= 15 is 0 Å². The van der Waals surface area contributed by atoms with E-state index in [2.05, 4.69) is 15.4 Å². The molecular formula is C11H24N6O3+2. The average Bonchev–Trinajstić information content (AvgIpc) is 2.72. The van der Waals surface area contributed by atoms with Crippen molar-refractivity contribution in [3.05, 3.63) is 12.4 Å². The zero-order valence-corrected chi connectivity index (χ0v) is 11.9. The summed E-state index contributed by atoms with van der Waals surface area (Å²) in [7, 11) is 3.49. The Bertz CT molecular complexity index is 397. The van der Waals surface area contributed by atoms with E-state index in [9.17, 15) is 5.11 Å². The summed E-state index contributed by atoms with van der Waals surface area (Å²) in [4.78, 5) is 4.76. The normalized spacial score (nSPS) is 23.1. The molecule has 1 aromatic rings. The van der Waals surface area contributed by atoms with Gasteiger partial charge in [-0.2, -0.15) is 21.5 Å². The van der Waals surface area contributed by atoms with Gasteiger partial charge in [-0.1, -0.05) is 0 Å². The third-order valence-electron chi connectivity index (χ3n) is 2.78. The van der Waals surface area contributed by atoms with Gasteiger partial charge in [0.25, 0.3) is 0 Å². The number of nitrogens with two attached hydrogens (primary N) is 2. The molecule has 1 saturated heterocycles. The highest BCUT2D eigenvalue weighted by Crippen LogP contribution is 2.04. The van der Waals surface area contributed by atoms with Gasteiger partial charge in [-0.15, -0.1) is 0 Å². The van der Waals surface area contributed by atoms with Gasteiger partial charge in [0, 0.05) is 13.7 Å². The number of hydrogen-bond acceptors (Lipinski definition) is 5. The number of ether oxygens (including phenoxy) is 1. The standard InChI is InChI=1S/C6H13N3O2.C5H9N3O/c7-9-8-5-2-1-3-11-4-6(5)10;1-8-4-5(3-6-8)7-9-2/h5-6,10H,1-4H2,(H2,7,8);3-4,7H,1-2H3/p+2/t5?,6-;/m1./s1. The van der Waals surface area contributed by atoms with Gasteiger partial charge in [-0.05, 0) is 12.8 Å². The maximum absolute atomic E-state index is 9.38. The van der Waals surface area contributed by atoms with E-state index in [0.29, 0.717) is 13.2 Å². The predicted molar refractivity (Wildman–Crippen MR) is 69.2 cm³/mol. The lowest BCUT2D eigenvalue weighted by Gasteiger charge is -2.10. The topological polar surface area (TPSA) is 125 Å². The molecule has 0 aromatic carbocycles. The summed E-state index contributed by atoms with van der Waals surface area (Å²) < 4.78 is 6.84. The van der Waals surface area contributed by atoms with E-state index in [-0.39, 0.29) is 6.04 Å². The molecule has 1 aliphatic heterocycles. The first-order chi connectivity index (χ1) is 9.67. The van der Waals surface area contributed by atoms with E-state index in [4.69, 9.17) is 15.4 Å². The fraction of sp³-hybridized carbons (Fsp3) is 0.727. The van der Waals surface area contributed by atoms with Crippen LogP contribution < -0.4 is 16.4 Å². The van der Waals surface area contributed by atoms with Crippen LogP contribution in [0.3, 0.4) is 0 Å². The molecule has 1 aliphatic rings. The minimum absolute atomic E-state index is 0.0532. The lowest BCUT2D eigenvalue weighted by atomic mass is 10.1. The number of nitrogens with one attached hydrogen (secondary N) is 1. The Kier molecular flexibility index (Phi) is 7.73. The number of rotatable bonds is 3. The minimum Gasteiger partial charge on any atom is -0.386 e. The van der Waals surface area contributed by atoms with Crippen molar-refractivity contribution in [2.45, 2.75) is 25.0 Å². The molecule has 2 rings (SSSR count). The summed E-state index contributed by atoms with van der Waals surface area (Å²) in [6, 6.07) is -0.0532. The summed E-state index contributed by atoms with van der Waals surface area (Å²) >= 11 is 0. The maximum atomic E-state index is 9.38. The monoisotopic (exact) mass is 288 g/mol. The molecule has 114 valence electrons. The van der Waals surface area contributed by atoms with E-state index in [1.807, 2.05) is 13.2 Å². The predicted octanol–water partition coefficient (Wildman–Crippen LogP) is -2.89. The molecule has 2 atom stereocenters. The van der Waals surface area contributed by atoms with Crippen molar-refractivity contribution in [1.29, 1.82) is 0 Å². The Morgan fingerprint density at radius 1 is 1.70 bits per heavy atom. The molecule has 0 aliphatic carbocycles. The molecule has 9 nitrogen and oxygen atoms in total. The number of aliphatic hydroxyl groups excluding tert-OH is 1. The van der Waals surface area contributed by atoms with E-state index in [0.717, 1.165) is 18.5 Å². The van der Waals surface area contributed by atoms with Crippen LogP contribution in [0.4, 0.5) is 5.69 Å². The van der Waals surface area contributed by atoms with Gasteiger partial charge in [-0.25, -0.2) is 4.84 Å². The third-order valence-corrected chi connectivity index (χ3v) is 2.78. The lowest BCUT2D eigenvalue weighted by Crippen LogP contribution is -2.78. The van der Waals surface area contributed by atoms with Crippen molar-refractivity contribution in [2.24, 2.45) is 18.1 Å². The summed E-state index contributed by atoms with van der Waals surface area (Å²) in [6.07, 6.45) is 4.91. The van der Waals surface area contributed by atoms with Gasteiger partial charge < -0.3 is 9.84 Å². The first-order valence-corrected chi connectivity index (χ1v) is 6.43. The highest BCUT2D eigenvalue weighted by atomic mass is 16.6. The molecule has 1 aromatic heterocycles. The first kappa shape index (κ1) is 16.5. The Morgan fingerprint density at radius 3 is 3.10 bits per heavy atom. The second-order valence-electron chi connectivity index (χ2n) is 4.45. The van der Waals surface area contributed by atoms with Gasteiger partial charge in [0.1, 0.15) is 18.3 Å². The molecule has 1 fully saturated rings. The Hall–Kier alpha value is -1.55. The molecule has 0 bridgehead atoms. The number of aromatic nitrogens is 2. The molecule has 0 spiro atoms. The second kappa shape index (κ2) is 9.37. The van der Waals surface area contributed by atoms with Crippen molar-refractivity contribution in [3.63, 3.8) is 0 Å². The zero-order valence-electron chi connectivity index (χ0n) is 11.9. The molecule has 20 heavy (non-hydrogen) atoms. The molecule has 1 unspecified atom stereocenters. The van der Waals surface area contributed by atoms with Crippen molar-refractivity contribution in [3.8, 4) is 0 Å². The van der Waals surface area contributed by atoms with Crippen LogP contribution in [0.25, 0.3) is 0 Å². The number of aliphatic hydroxyl groups is 1. The molecule has 0 amide bonds. The quantitative estimate of drug-likeness (QED) is 0.270. The molecule has 2 heterocycles. The van der Waals surface area contributed by atoms with Crippen LogP contribution in [0.5, 0.6) is 0 Å². The largest absolute Gasteiger partial charge is 0.386 e. The van der Waals surface area contributed by atoms with Gasteiger partial charge >= 0.3 is 0 Å². The van der Waals surface area contributed by atoms with Crippen molar-refractivity contribution < 1.29 is 25.3 Å². The smallest absolute Gasteiger partial charge is 0.200 e. The summed E-state index contributed by atoms with van der Waals surface area (Å²) in [5.41, 5.74) is 2.63. The van der Waals surface area contributed by atoms with Crippen LogP contribution >= 0.6 is 0 Å². The number of nitrogens with zero attached hydrogens (tertiary/aromatic N) is 3. The molecule has 6 N–H and O–H groups in total. The Morgan fingerprint density at radius 2 is 2.50 bits per heavy atom. The highest BCUT2D eigenvalue weighted by Gasteiger charge is 2.23. The van der Waals surface area contributed by atoms with Crippen LogP contribution in [-0.2, 0) is 16.6 Å². The first-order valence-electron chi connectivity index (χ1n) is 6.43. The Labute approximate surface area is 117 Å². The van der Waals surface area contributed by atoms with Crippen molar-refractivity contribution in [1.82, 2.24) is 9.78 Å².